The van der Waals surface area contributed by atoms with Crippen molar-refractivity contribution >= 4 is 27.4 Å². The fraction of sp³-hybridized carbons (Fsp3) is 0.875. The lowest BCUT2D eigenvalue weighted by atomic mass is 10.2. The molecule has 0 spiro atoms. The van der Waals surface area contributed by atoms with E-state index in [0.717, 1.165) is 12.8 Å². The van der Waals surface area contributed by atoms with E-state index < -0.39 is 10.2 Å². The van der Waals surface area contributed by atoms with Gasteiger partial charge >= 0.3 is 0 Å². The largest absolute Gasteiger partial charge is 0.393 e. The first-order valence-corrected chi connectivity index (χ1v) is 6.82. The van der Waals surface area contributed by atoms with Crippen LogP contribution in [0, 0.1) is 5.92 Å². The summed E-state index contributed by atoms with van der Waals surface area (Å²) in [6.45, 7) is 3.29. The highest BCUT2D eigenvalue weighted by Gasteiger charge is 2.25. The van der Waals surface area contributed by atoms with Crippen LogP contribution >= 0.6 is 12.2 Å². The number of nitrogens with one attached hydrogen (secondary N) is 1. The van der Waals surface area contributed by atoms with Crippen LogP contribution < -0.4 is 10.5 Å². The van der Waals surface area contributed by atoms with E-state index in [1.807, 2.05) is 0 Å². The summed E-state index contributed by atoms with van der Waals surface area (Å²) in [5.74, 6) is -0.114. The van der Waals surface area contributed by atoms with Crippen molar-refractivity contribution in [2.45, 2.75) is 19.8 Å². The van der Waals surface area contributed by atoms with Gasteiger partial charge in [-0.25, -0.2) is 4.72 Å². The second-order valence-electron chi connectivity index (χ2n) is 3.76. The second-order valence-corrected chi connectivity index (χ2v) is 5.99. The molecule has 3 N–H and O–H groups in total. The van der Waals surface area contributed by atoms with Gasteiger partial charge in [-0.15, -0.1) is 0 Å². The van der Waals surface area contributed by atoms with Crippen molar-refractivity contribution in [1.29, 1.82) is 0 Å². The van der Waals surface area contributed by atoms with Crippen LogP contribution in [0.1, 0.15) is 19.8 Å². The van der Waals surface area contributed by atoms with Crippen molar-refractivity contribution in [2.24, 2.45) is 11.7 Å². The van der Waals surface area contributed by atoms with Crippen molar-refractivity contribution < 1.29 is 8.42 Å². The zero-order chi connectivity index (χ0) is 11.5. The van der Waals surface area contributed by atoms with Gasteiger partial charge < -0.3 is 5.73 Å². The Morgan fingerprint density at radius 3 is 2.53 bits per heavy atom. The molecule has 0 aliphatic carbocycles. The van der Waals surface area contributed by atoms with Crippen LogP contribution in [0.25, 0.3) is 0 Å². The molecule has 88 valence electrons. The molecule has 0 saturated carbocycles. The standard InChI is InChI=1S/C8H17N3O2S2/c1-7(8(9)14)6-10-15(12,13)11-4-2-3-5-11/h7,10H,2-6H2,1H3,(H2,9,14). The van der Waals surface area contributed by atoms with Gasteiger partial charge in [0, 0.05) is 25.6 Å². The quantitative estimate of drug-likeness (QED) is 0.666. The minimum atomic E-state index is -3.32. The van der Waals surface area contributed by atoms with E-state index in [0.29, 0.717) is 18.1 Å². The molecule has 5 nitrogen and oxygen atoms in total. The molecule has 0 aromatic heterocycles. The normalized spacial score (nSPS) is 20.3. The molecular weight excluding hydrogens is 234 g/mol. The molecule has 0 aromatic carbocycles. The first kappa shape index (κ1) is 12.8. The lowest BCUT2D eigenvalue weighted by Crippen LogP contribution is -2.42. The highest BCUT2D eigenvalue weighted by molar-refractivity contribution is 7.87. The SMILES string of the molecule is CC(CNS(=O)(=O)N1CCCC1)C(N)=S. The molecule has 1 heterocycles. The van der Waals surface area contributed by atoms with Crippen LogP contribution in [0.2, 0.25) is 0 Å². The van der Waals surface area contributed by atoms with Crippen LogP contribution in [0.3, 0.4) is 0 Å². The number of nitrogens with zero attached hydrogens (tertiary/aromatic N) is 1. The van der Waals surface area contributed by atoms with E-state index in [4.69, 9.17) is 18.0 Å². The van der Waals surface area contributed by atoms with Crippen LogP contribution in [-0.4, -0.2) is 37.3 Å². The van der Waals surface area contributed by atoms with E-state index in [9.17, 15) is 8.42 Å². The molecule has 1 rings (SSSR count). The maximum absolute atomic E-state index is 11.7. The molecule has 1 saturated heterocycles. The summed E-state index contributed by atoms with van der Waals surface area (Å²) in [5, 5.41) is 0. The predicted molar refractivity (Wildman–Crippen MR) is 63.7 cm³/mol. The van der Waals surface area contributed by atoms with Gasteiger partial charge in [-0.05, 0) is 12.8 Å². The van der Waals surface area contributed by atoms with Crippen molar-refractivity contribution in [2.75, 3.05) is 19.6 Å². The fourth-order valence-corrected chi connectivity index (χ4v) is 2.82. The summed E-state index contributed by atoms with van der Waals surface area (Å²) in [4.78, 5) is 0.333. The van der Waals surface area contributed by atoms with Crippen LogP contribution in [0.15, 0.2) is 0 Å². The molecule has 0 amide bonds. The summed E-state index contributed by atoms with van der Waals surface area (Å²) in [7, 11) is -3.32. The molecule has 0 radical (unpaired) electrons. The second kappa shape index (κ2) is 5.20. The van der Waals surface area contributed by atoms with Gasteiger partial charge in [0.15, 0.2) is 0 Å². The monoisotopic (exact) mass is 251 g/mol. The van der Waals surface area contributed by atoms with Crippen molar-refractivity contribution in [1.82, 2.24) is 9.03 Å². The fourth-order valence-electron chi connectivity index (χ4n) is 1.35. The minimum Gasteiger partial charge on any atom is -0.393 e. The van der Waals surface area contributed by atoms with Gasteiger partial charge in [0.25, 0.3) is 10.2 Å². The zero-order valence-electron chi connectivity index (χ0n) is 8.77. The Balaban J connectivity index is 2.46. The number of nitrogens with two attached hydrogens (primary N) is 1. The molecule has 1 aliphatic rings. The van der Waals surface area contributed by atoms with Gasteiger partial charge in [-0.3, -0.25) is 0 Å². The Labute approximate surface area is 96.2 Å². The van der Waals surface area contributed by atoms with Gasteiger partial charge in [-0.1, -0.05) is 19.1 Å². The first-order chi connectivity index (χ1) is 6.93. The van der Waals surface area contributed by atoms with Crippen LogP contribution in [0.4, 0.5) is 0 Å². The molecule has 1 fully saturated rings. The Hall–Kier alpha value is -0.240. The molecule has 1 atom stereocenters. The smallest absolute Gasteiger partial charge is 0.279 e. The number of hydrogen-bond acceptors (Lipinski definition) is 3. The Morgan fingerprint density at radius 1 is 1.53 bits per heavy atom. The van der Waals surface area contributed by atoms with Crippen molar-refractivity contribution in [3.63, 3.8) is 0 Å². The third-order valence-corrected chi connectivity index (χ3v) is 4.44. The molecule has 15 heavy (non-hydrogen) atoms. The maximum Gasteiger partial charge on any atom is 0.279 e. The van der Waals surface area contributed by atoms with Crippen LogP contribution in [-0.2, 0) is 10.2 Å². The van der Waals surface area contributed by atoms with Crippen LogP contribution in [0.5, 0.6) is 0 Å². The summed E-state index contributed by atoms with van der Waals surface area (Å²) in [6.07, 6.45) is 1.87. The van der Waals surface area contributed by atoms with Crippen molar-refractivity contribution in [3.8, 4) is 0 Å². The van der Waals surface area contributed by atoms with Gasteiger partial charge in [-0.2, -0.15) is 12.7 Å². The van der Waals surface area contributed by atoms with E-state index in [1.54, 1.807) is 6.92 Å². The van der Waals surface area contributed by atoms with E-state index in [-0.39, 0.29) is 12.5 Å². The van der Waals surface area contributed by atoms with E-state index in [2.05, 4.69) is 4.72 Å². The molecular formula is C8H17N3O2S2. The molecule has 0 bridgehead atoms. The number of thiocarbonyl (C=S) groups is 1. The number of hydrogen-bond donors (Lipinski definition) is 2. The predicted octanol–water partition coefficient (Wildman–Crippen LogP) is -0.161. The first-order valence-electron chi connectivity index (χ1n) is 4.97. The summed E-state index contributed by atoms with van der Waals surface area (Å²) in [5.41, 5.74) is 5.40. The lowest BCUT2D eigenvalue weighted by molar-refractivity contribution is 0.462. The molecule has 1 aliphatic heterocycles. The third kappa shape index (κ3) is 3.67. The lowest BCUT2D eigenvalue weighted by Gasteiger charge is -2.17. The van der Waals surface area contributed by atoms with Gasteiger partial charge in [0.1, 0.15) is 0 Å². The van der Waals surface area contributed by atoms with Gasteiger partial charge in [0.2, 0.25) is 0 Å². The highest BCUT2D eigenvalue weighted by Crippen LogP contribution is 2.11. The average molecular weight is 251 g/mol. The van der Waals surface area contributed by atoms with E-state index >= 15 is 0 Å². The number of rotatable bonds is 5. The maximum atomic E-state index is 11.7. The summed E-state index contributed by atoms with van der Waals surface area (Å²) >= 11 is 4.77. The minimum absolute atomic E-state index is 0.114. The molecule has 7 heteroatoms. The summed E-state index contributed by atoms with van der Waals surface area (Å²) in [6, 6.07) is 0. The highest BCUT2D eigenvalue weighted by atomic mass is 32.2. The van der Waals surface area contributed by atoms with E-state index in [1.165, 1.54) is 4.31 Å². The Bertz CT molecular complexity index is 323. The third-order valence-electron chi connectivity index (χ3n) is 2.46. The average Bonchev–Trinajstić information content (AvgIpc) is 2.67. The van der Waals surface area contributed by atoms with Crippen molar-refractivity contribution in [3.05, 3.63) is 0 Å². The zero-order valence-corrected chi connectivity index (χ0v) is 10.4. The molecule has 1 unspecified atom stereocenters. The summed E-state index contributed by atoms with van der Waals surface area (Å²) < 4.78 is 27.4. The molecule has 0 aromatic rings. The Kier molecular flexibility index (Phi) is 4.45. The Morgan fingerprint density at radius 2 is 2.07 bits per heavy atom. The topological polar surface area (TPSA) is 75.4 Å². The van der Waals surface area contributed by atoms with Gasteiger partial charge in [0.05, 0.1) is 4.99 Å².